The number of rotatable bonds is 0. The molecule has 0 spiro atoms. The Bertz CT molecular complexity index is 344. The zero-order valence-corrected chi connectivity index (χ0v) is 9.49. The predicted molar refractivity (Wildman–Crippen MR) is 62.0 cm³/mol. The highest BCUT2D eigenvalue weighted by Gasteiger charge is 2.22. The topological polar surface area (TPSA) is 12.0 Å². The molecule has 0 saturated heterocycles. The zero-order chi connectivity index (χ0) is 10.2. The van der Waals surface area contributed by atoms with Crippen molar-refractivity contribution in [2.75, 3.05) is 11.9 Å². The summed E-state index contributed by atoms with van der Waals surface area (Å²) >= 11 is 6.00. The van der Waals surface area contributed by atoms with Crippen LogP contribution in [0.4, 0.5) is 5.69 Å². The first-order valence-electron chi connectivity index (χ1n) is 5.09. The number of hydrogen-bond acceptors (Lipinski definition) is 1. The van der Waals surface area contributed by atoms with Gasteiger partial charge in [0.25, 0.3) is 0 Å². The maximum absolute atomic E-state index is 6.00. The molecular weight excluding hydrogens is 194 g/mol. The third kappa shape index (κ3) is 2.03. The van der Waals surface area contributed by atoms with E-state index in [4.69, 9.17) is 11.6 Å². The Morgan fingerprint density at radius 2 is 2.14 bits per heavy atom. The van der Waals surface area contributed by atoms with Crippen LogP contribution in [-0.4, -0.2) is 6.54 Å². The molecule has 2 rings (SSSR count). The monoisotopic (exact) mass is 209 g/mol. The van der Waals surface area contributed by atoms with Gasteiger partial charge in [0.2, 0.25) is 0 Å². The van der Waals surface area contributed by atoms with E-state index in [0.717, 1.165) is 18.0 Å². The van der Waals surface area contributed by atoms with Crippen molar-refractivity contribution in [2.24, 2.45) is 5.41 Å². The summed E-state index contributed by atoms with van der Waals surface area (Å²) in [7, 11) is 0. The molecule has 14 heavy (non-hydrogen) atoms. The lowest BCUT2D eigenvalue weighted by Gasteiger charge is -2.21. The van der Waals surface area contributed by atoms with E-state index in [9.17, 15) is 0 Å². The third-order valence-electron chi connectivity index (χ3n) is 2.85. The van der Waals surface area contributed by atoms with Crippen LogP contribution >= 0.6 is 11.6 Å². The molecule has 1 nitrogen and oxygen atoms in total. The third-order valence-corrected chi connectivity index (χ3v) is 3.09. The first-order chi connectivity index (χ1) is 6.57. The highest BCUT2D eigenvalue weighted by atomic mass is 35.5. The lowest BCUT2D eigenvalue weighted by atomic mass is 9.83. The summed E-state index contributed by atoms with van der Waals surface area (Å²) < 4.78 is 0. The molecule has 76 valence electrons. The molecular formula is C12H16ClN. The lowest BCUT2D eigenvalue weighted by molar-refractivity contribution is 0.349. The van der Waals surface area contributed by atoms with Crippen LogP contribution in [0.2, 0.25) is 5.02 Å². The number of benzene rings is 1. The fourth-order valence-corrected chi connectivity index (χ4v) is 2.22. The highest BCUT2D eigenvalue weighted by Crippen LogP contribution is 2.33. The van der Waals surface area contributed by atoms with Crippen molar-refractivity contribution in [1.29, 1.82) is 0 Å². The van der Waals surface area contributed by atoms with E-state index in [-0.39, 0.29) is 0 Å². The maximum atomic E-state index is 6.00. The highest BCUT2D eigenvalue weighted by molar-refractivity contribution is 6.30. The lowest BCUT2D eigenvalue weighted by Crippen LogP contribution is -2.15. The molecule has 1 aliphatic rings. The fraction of sp³-hybridized carbons (Fsp3) is 0.500. The molecule has 0 aromatic heterocycles. The predicted octanol–water partition coefficient (Wildman–Crippen LogP) is 3.72. The summed E-state index contributed by atoms with van der Waals surface area (Å²) in [5, 5.41) is 4.29. The molecule has 0 amide bonds. The van der Waals surface area contributed by atoms with E-state index >= 15 is 0 Å². The Balaban J connectivity index is 2.38. The van der Waals surface area contributed by atoms with Crippen LogP contribution in [-0.2, 0) is 6.42 Å². The molecule has 0 saturated carbocycles. The maximum Gasteiger partial charge on any atom is 0.0410 e. The summed E-state index contributed by atoms with van der Waals surface area (Å²) in [5.74, 6) is 0. The number of hydrogen-bond donors (Lipinski definition) is 1. The van der Waals surface area contributed by atoms with Crippen LogP contribution in [0.25, 0.3) is 0 Å². The first-order valence-corrected chi connectivity index (χ1v) is 5.47. The molecule has 2 heteroatoms. The number of fused-ring (bicyclic) bond motifs is 1. The van der Waals surface area contributed by atoms with E-state index in [1.54, 1.807) is 0 Å². The Morgan fingerprint density at radius 3 is 2.93 bits per heavy atom. The van der Waals surface area contributed by atoms with Crippen molar-refractivity contribution in [2.45, 2.75) is 26.7 Å². The summed E-state index contributed by atoms with van der Waals surface area (Å²) in [6.07, 6.45) is 2.31. The van der Waals surface area contributed by atoms with Crippen LogP contribution in [0, 0.1) is 5.41 Å². The second-order valence-electron chi connectivity index (χ2n) is 4.82. The Kier molecular flexibility index (Phi) is 2.44. The van der Waals surface area contributed by atoms with Crippen LogP contribution in [0.1, 0.15) is 25.8 Å². The molecule has 1 aromatic carbocycles. The van der Waals surface area contributed by atoms with Gasteiger partial charge in [-0.15, -0.1) is 0 Å². The van der Waals surface area contributed by atoms with E-state index in [1.807, 2.05) is 6.07 Å². The summed E-state index contributed by atoms with van der Waals surface area (Å²) in [4.78, 5) is 0. The smallest absolute Gasteiger partial charge is 0.0410 e. The molecule has 1 heterocycles. The van der Waals surface area contributed by atoms with Crippen LogP contribution in [0.3, 0.4) is 0 Å². The molecule has 0 fully saturated rings. The Labute approximate surface area is 90.5 Å². The van der Waals surface area contributed by atoms with E-state index in [2.05, 4.69) is 31.3 Å². The molecule has 0 bridgehead atoms. The standard InChI is InChI=1S/C12H16ClN/c1-12(2)5-6-14-11-4-3-10(13)7-9(11)8-12/h3-4,7,14H,5-6,8H2,1-2H3. The minimum Gasteiger partial charge on any atom is -0.385 e. The minimum absolute atomic E-state index is 0.378. The largest absolute Gasteiger partial charge is 0.385 e. The van der Waals surface area contributed by atoms with Gasteiger partial charge in [0.15, 0.2) is 0 Å². The van der Waals surface area contributed by atoms with Crippen molar-refractivity contribution < 1.29 is 0 Å². The second-order valence-corrected chi connectivity index (χ2v) is 5.26. The molecule has 0 unspecified atom stereocenters. The van der Waals surface area contributed by atoms with Crippen molar-refractivity contribution in [3.05, 3.63) is 28.8 Å². The number of anilines is 1. The average Bonchev–Trinajstić information content (AvgIpc) is 2.21. The molecule has 0 atom stereocenters. The van der Waals surface area contributed by atoms with Gasteiger partial charge < -0.3 is 5.32 Å². The molecule has 1 aromatic rings. The van der Waals surface area contributed by atoms with Crippen LogP contribution < -0.4 is 5.32 Å². The first kappa shape index (κ1) is 9.85. The van der Waals surface area contributed by atoms with Gasteiger partial charge >= 0.3 is 0 Å². The summed E-state index contributed by atoms with van der Waals surface area (Å²) in [6.45, 7) is 5.68. The van der Waals surface area contributed by atoms with Crippen LogP contribution in [0.5, 0.6) is 0 Å². The van der Waals surface area contributed by atoms with Gasteiger partial charge in [-0.3, -0.25) is 0 Å². The van der Waals surface area contributed by atoms with E-state index < -0.39 is 0 Å². The van der Waals surface area contributed by atoms with Gasteiger partial charge in [-0.1, -0.05) is 25.4 Å². The Morgan fingerprint density at radius 1 is 1.36 bits per heavy atom. The normalized spacial score (nSPS) is 19.4. The van der Waals surface area contributed by atoms with E-state index in [1.165, 1.54) is 17.7 Å². The SMILES string of the molecule is CC1(C)CCNc2ccc(Cl)cc2C1. The van der Waals surface area contributed by atoms with Crippen molar-refractivity contribution in [3.8, 4) is 0 Å². The quantitative estimate of drug-likeness (QED) is 0.687. The second kappa shape index (κ2) is 3.47. The van der Waals surface area contributed by atoms with Crippen molar-refractivity contribution in [3.63, 3.8) is 0 Å². The number of nitrogens with one attached hydrogen (secondary N) is 1. The fourth-order valence-electron chi connectivity index (χ4n) is 2.02. The summed E-state index contributed by atoms with van der Waals surface area (Å²) in [6, 6.07) is 6.11. The Hall–Kier alpha value is -0.690. The van der Waals surface area contributed by atoms with Gasteiger partial charge in [0.1, 0.15) is 0 Å². The van der Waals surface area contributed by atoms with E-state index in [0.29, 0.717) is 5.41 Å². The number of halogens is 1. The minimum atomic E-state index is 0.378. The summed E-state index contributed by atoms with van der Waals surface area (Å²) in [5.41, 5.74) is 2.98. The van der Waals surface area contributed by atoms with Crippen molar-refractivity contribution >= 4 is 17.3 Å². The average molecular weight is 210 g/mol. The molecule has 1 aliphatic heterocycles. The van der Waals surface area contributed by atoms with Crippen molar-refractivity contribution in [1.82, 2.24) is 0 Å². The zero-order valence-electron chi connectivity index (χ0n) is 8.73. The molecule has 1 N–H and O–H groups in total. The van der Waals surface area contributed by atoms with Gasteiger partial charge in [0.05, 0.1) is 0 Å². The van der Waals surface area contributed by atoms with Gasteiger partial charge in [-0.25, -0.2) is 0 Å². The molecule has 0 radical (unpaired) electrons. The van der Waals surface area contributed by atoms with Crippen LogP contribution in [0.15, 0.2) is 18.2 Å². The van der Waals surface area contributed by atoms with Gasteiger partial charge in [0, 0.05) is 17.3 Å². The molecule has 0 aliphatic carbocycles. The van der Waals surface area contributed by atoms with Gasteiger partial charge in [-0.05, 0) is 42.0 Å². The van der Waals surface area contributed by atoms with Gasteiger partial charge in [-0.2, -0.15) is 0 Å².